The Hall–Kier alpha value is -1.39. The van der Waals surface area contributed by atoms with Crippen LogP contribution in [-0.4, -0.2) is 6.54 Å². The van der Waals surface area contributed by atoms with Gasteiger partial charge in [-0.2, -0.15) is 0 Å². The number of hydrogen-bond acceptors (Lipinski definition) is 1. The highest BCUT2D eigenvalue weighted by Gasteiger charge is 2.00. The molecule has 2 heteroatoms. The Kier molecular flexibility index (Phi) is 4.88. The smallest absolute Gasteiger partial charge is 0.0205 e. The lowest BCUT2D eigenvalue weighted by Crippen LogP contribution is -2.16. The number of rotatable bonds is 5. The van der Waals surface area contributed by atoms with Crippen LogP contribution in [0.3, 0.4) is 0 Å². The number of fused-ring (bicyclic) bond motifs is 1. The van der Waals surface area contributed by atoms with Crippen LogP contribution in [0, 0.1) is 3.57 Å². The molecule has 3 aromatic carbocycles. The highest BCUT2D eigenvalue weighted by Crippen LogP contribution is 2.18. The first-order chi connectivity index (χ1) is 10.3. The van der Waals surface area contributed by atoms with E-state index < -0.39 is 0 Å². The van der Waals surface area contributed by atoms with Crippen molar-refractivity contribution < 1.29 is 0 Å². The minimum absolute atomic E-state index is 0.932. The predicted molar refractivity (Wildman–Crippen MR) is 98.5 cm³/mol. The fraction of sp³-hybridized carbons (Fsp3) is 0.158. The third-order valence-electron chi connectivity index (χ3n) is 3.69. The number of hydrogen-bond donors (Lipinski definition) is 1. The van der Waals surface area contributed by atoms with Gasteiger partial charge in [0.2, 0.25) is 0 Å². The van der Waals surface area contributed by atoms with E-state index in [0.29, 0.717) is 0 Å². The van der Waals surface area contributed by atoms with E-state index in [1.165, 1.54) is 25.5 Å². The normalized spacial score (nSPS) is 10.9. The van der Waals surface area contributed by atoms with Gasteiger partial charge in [-0.3, -0.25) is 0 Å². The third kappa shape index (κ3) is 3.83. The van der Waals surface area contributed by atoms with E-state index in [1.807, 2.05) is 0 Å². The van der Waals surface area contributed by atoms with Crippen LogP contribution in [0.15, 0.2) is 66.7 Å². The van der Waals surface area contributed by atoms with Crippen LogP contribution < -0.4 is 5.32 Å². The minimum Gasteiger partial charge on any atom is -0.312 e. The Morgan fingerprint density at radius 2 is 1.57 bits per heavy atom. The summed E-state index contributed by atoms with van der Waals surface area (Å²) in [4.78, 5) is 0. The summed E-state index contributed by atoms with van der Waals surface area (Å²) in [6.45, 7) is 1.93. The molecule has 0 amide bonds. The van der Waals surface area contributed by atoms with Crippen LogP contribution >= 0.6 is 22.6 Å². The average Bonchev–Trinajstić information content (AvgIpc) is 2.53. The van der Waals surface area contributed by atoms with Crippen molar-refractivity contribution in [3.8, 4) is 0 Å². The Morgan fingerprint density at radius 1 is 0.810 bits per heavy atom. The van der Waals surface area contributed by atoms with Gasteiger partial charge in [0.15, 0.2) is 0 Å². The molecular formula is C19H18IN. The van der Waals surface area contributed by atoms with Gasteiger partial charge in [0, 0.05) is 10.1 Å². The van der Waals surface area contributed by atoms with Gasteiger partial charge in [0.25, 0.3) is 0 Å². The second kappa shape index (κ2) is 7.05. The third-order valence-corrected chi connectivity index (χ3v) is 4.41. The van der Waals surface area contributed by atoms with Crippen LogP contribution in [-0.2, 0) is 13.0 Å². The van der Waals surface area contributed by atoms with Gasteiger partial charge >= 0.3 is 0 Å². The van der Waals surface area contributed by atoms with Gasteiger partial charge in [0.1, 0.15) is 0 Å². The lowest BCUT2D eigenvalue weighted by molar-refractivity contribution is 0.688. The maximum absolute atomic E-state index is 3.53. The molecule has 0 bridgehead atoms. The fourth-order valence-corrected chi connectivity index (χ4v) is 2.93. The van der Waals surface area contributed by atoms with Crippen LogP contribution in [0.4, 0.5) is 0 Å². The Morgan fingerprint density at radius 3 is 2.43 bits per heavy atom. The topological polar surface area (TPSA) is 12.0 Å². The van der Waals surface area contributed by atoms with Gasteiger partial charge in [0.05, 0.1) is 0 Å². The maximum Gasteiger partial charge on any atom is 0.0205 e. The molecule has 21 heavy (non-hydrogen) atoms. The first-order valence-electron chi connectivity index (χ1n) is 7.25. The van der Waals surface area contributed by atoms with Gasteiger partial charge in [-0.1, -0.05) is 54.6 Å². The molecular weight excluding hydrogens is 369 g/mol. The zero-order valence-corrected chi connectivity index (χ0v) is 14.0. The summed E-state index contributed by atoms with van der Waals surface area (Å²) in [6, 6.07) is 23.8. The molecule has 3 aromatic rings. The number of benzene rings is 3. The molecule has 0 aliphatic rings. The first-order valence-corrected chi connectivity index (χ1v) is 8.32. The van der Waals surface area contributed by atoms with Crippen molar-refractivity contribution in [3.05, 3.63) is 81.4 Å². The number of nitrogens with one attached hydrogen (secondary N) is 1. The van der Waals surface area contributed by atoms with Crippen molar-refractivity contribution in [3.63, 3.8) is 0 Å². The summed E-state index contributed by atoms with van der Waals surface area (Å²) in [5, 5.41) is 6.23. The largest absolute Gasteiger partial charge is 0.312 e. The van der Waals surface area contributed by atoms with E-state index in [-0.39, 0.29) is 0 Å². The van der Waals surface area contributed by atoms with Crippen molar-refractivity contribution in [1.29, 1.82) is 0 Å². The van der Waals surface area contributed by atoms with Gasteiger partial charge in [-0.25, -0.2) is 0 Å². The first kappa shape index (κ1) is 14.5. The summed E-state index contributed by atoms with van der Waals surface area (Å²) in [7, 11) is 0. The second-order valence-electron chi connectivity index (χ2n) is 5.19. The highest BCUT2D eigenvalue weighted by molar-refractivity contribution is 14.1. The molecule has 0 saturated carbocycles. The molecule has 0 aliphatic heterocycles. The van der Waals surface area contributed by atoms with Crippen molar-refractivity contribution in [2.75, 3.05) is 6.54 Å². The Bertz CT molecular complexity index is 714. The molecule has 0 atom stereocenters. The van der Waals surface area contributed by atoms with Crippen molar-refractivity contribution in [2.24, 2.45) is 0 Å². The molecule has 0 unspecified atom stereocenters. The summed E-state index contributed by atoms with van der Waals surface area (Å²) >= 11 is 2.34. The zero-order valence-electron chi connectivity index (χ0n) is 11.9. The van der Waals surface area contributed by atoms with Crippen molar-refractivity contribution in [1.82, 2.24) is 5.32 Å². The SMILES string of the molecule is Ic1ccc(CNCCc2cccc3ccccc23)cc1. The summed E-state index contributed by atoms with van der Waals surface area (Å²) in [5.74, 6) is 0. The Balaban J connectivity index is 1.58. The molecule has 0 heterocycles. The average molecular weight is 387 g/mol. The van der Waals surface area contributed by atoms with E-state index >= 15 is 0 Å². The van der Waals surface area contributed by atoms with Crippen LogP contribution in [0.5, 0.6) is 0 Å². The second-order valence-corrected chi connectivity index (χ2v) is 6.44. The Labute approximate surface area is 139 Å². The summed E-state index contributed by atoms with van der Waals surface area (Å²) in [6.07, 6.45) is 1.06. The zero-order chi connectivity index (χ0) is 14.5. The molecule has 3 rings (SSSR count). The molecule has 0 saturated heterocycles. The quantitative estimate of drug-likeness (QED) is 0.491. The van der Waals surface area contributed by atoms with E-state index in [2.05, 4.69) is 94.6 Å². The minimum atomic E-state index is 0.932. The monoisotopic (exact) mass is 387 g/mol. The lowest BCUT2D eigenvalue weighted by atomic mass is 10.0. The molecule has 0 aliphatic carbocycles. The van der Waals surface area contributed by atoms with Crippen molar-refractivity contribution >= 4 is 33.4 Å². The van der Waals surface area contributed by atoms with Crippen LogP contribution in [0.1, 0.15) is 11.1 Å². The molecule has 0 radical (unpaired) electrons. The maximum atomic E-state index is 3.53. The molecule has 1 nitrogen and oxygen atoms in total. The van der Waals surface area contributed by atoms with Gasteiger partial charge in [-0.15, -0.1) is 0 Å². The lowest BCUT2D eigenvalue weighted by Gasteiger charge is -2.08. The van der Waals surface area contributed by atoms with E-state index in [0.717, 1.165) is 19.5 Å². The summed E-state index contributed by atoms with van der Waals surface area (Å²) in [5.41, 5.74) is 2.76. The highest BCUT2D eigenvalue weighted by atomic mass is 127. The van der Waals surface area contributed by atoms with Crippen LogP contribution in [0.25, 0.3) is 10.8 Å². The predicted octanol–water partition coefficient (Wildman–Crippen LogP) is 4.78. The molecule has 1 N–H and O–H groups in total. The van der Waals surface area contributed by atoms with E-state index in [4.69, 9.17) is 0 Å². The van der Waals surface area contributed by atoms with Crippen molar-refractivity contribution in [2.45, 2.75) is 13.0 Å². The molecule has 0 aromatic heterocycles. The van der Waals surface area contributed by atoms with E-state index in [1.54, 1.807) is 0 Å². The van der Waals surface area contributed by atoms with Gasteiger partial charge in [-0.05, 0) is 69.6 Å². The molecule has 0 spiro atoms. The number of halogens is 1. The standard InChI is InChI=1S/C19H18IN/c20-18-10-8-15(9-11-18)14-21-13-12-17-6-3-5-16-4-1-2-7-19(16)17/h1-11,21H,12-14H2. The molecule has 106 valence electrons. The fourth-order valence-electron chi connectivity index (χ4n) is 2.57. The molecule has 0 fully saturated rings. The van der Waals surface area contributed by atoms with Gasteiger partial charge < -0.3 is 5.32 Å². The van der Waals surface area contributed by atoms with E-state index in [9.17, 15) is 0 Å². The van der Waals surface area contributed by atoms with Crippen LogP contribution in [0.2, 0.25) is 0 Å². The summed E-state index contributed by atoms with van der Waals surface area (Å²) < 4.78 is 1.28.